The first-order chi connectivity index (χ1) is 15.6. The van der Waals surface area contributed by atoms with Gasteiger partial charge >= 0.3 is 0 Å². The lowest BCUT2D eigenvalue weighted by Gasteiger charge is -2.26. The number of piperidine rings is 1. The van der Waals surface area contributed by atoms with Crippen LogP contribution in [-0.4, -0.2) is 34.8 Å². The Bertz CT molecular complexity index is 1050. The van der Waals surface area contributed by atoms with Crippen molar-refractivity contribution in [2.45, 2.75) is 39.3 Å². The Balaban J connectivity index is 1.26. The molecule has 32 heavy (non-hydrogen) atoms. The molecular formula is C25H27N3O3S. The predicted octanol–water partition coefficient (Wildman–Crippen LogP) is 4.59. The van der Waals surface area contributed by atoms with Gasteiger partial charge in [-0.15, -0.1) is 11.3 Å². The zero-order valence-corrected chi connectivity index (χ0v) is 19.0. The maximum atomic E-state index is 12.6. The summed E-state index contributed by atoms with van der Waals surface area (Å²) in [7, 11) is 0. The quantitative estimate of drug-likeness (QED) is 0.573. The number of thiazole rings is 1. The van der Waals surface area contributed by atoms with Gasteiger partial charge in [0.2, 0.25) is 0 Å². The molecule has 0 unspecified atom stereocenters. The second-order valence-electron chi connectivity index (χ2n) is 7.90. The van der Waals surface area contributed by atoms with Gasteiger partial charge in [-0.05, 0) is 68.1 Å². The van der Waals surface area contributed by atoms with Gasteiger partial charge in [-0.2, -0.15) is 0 Å². The largest absolute Gasteiger partial charge is 0.487 e. The van der Waals surface area contributed by atoms with Crippen molar-refractivity contribution >= 4 is 23.2 Å². The van der Waals surface area contributed by atoms with E-state index in [9.17, 15) is 9.59 Å². The van der Waals surface area contributed by atoms with Crippen LogP contribution in [0.3, 0.4) is 0 Å². The zero-order valence-electron chi connectivity index (χ0n) is 18.2. The van der Waals surface area contributed by atoms with Crippen molar-refractivity contribution in [3.63, 3.8) is 0 Å². The number of hydrogen-bond acceptors (Lipinski definition) is 5. The minimum Gasteiger partial charge on any atom is -0.487 e. The lowest BCUT2D eigenvalue weighted by atomic mass is 10.1. The summed E-state index contributed by atoms with van der Waals surface area (Å²) in [5.74, 6) is 0.633. The van der Waals surface area contributed by atoms with Crippen molar-refractivity contribution in [1.82, 2.24) is 15.2 Å². The molecule has 7 heteroatoms. The van der Waals surface area contributed by atoms with E-state index in [1.165, 1.54) is 6.42 Å². The number of ether oxygens (including phenoxy) is 1. The fourth-order valence-electron chi connectivity index (χ4n) is 3.66. The molecule has 2 amide bonds. The number of rotatable bonds is 7. The van der Waals surface area contributed by atoms with Crippen molar-refractivity contribution < 1.29 is 14.3 Å². The first-order valence-corrected chi connectivity index (χ1v) is 11.8. The summed E-state index contributed by atoms with van der Waals surface area (Å²) in [5, 5.41) is 5.92. The Morgan fingerprint density at radius 3 is 2.34 bits per heavy atom. The molecule has 0 atom stereocenters. The van der Waals surface area contributed by atoms with Gasteiger partial charge < -0.3 is 15.0 Å². The number of hydrogen-bond donors (Lipinski definition) is 1. The van der Waals surface area contributed by atoms with E-state index in [1.807, 2.05) is 41.5 Å². The van der Waals surface area contributed by atoms with E-state index >= 15 is 0 Å². The van der Waals surface area contributed by atoms with Gasteiger partial charge in [-0.3, -0.25) is 9.59 Å². The highest BCUT2D eigenvalue weighted by atomic mass is 32.1. The number of aromatic nitrogens is 1. The van der Waals surface area contributed by atoms with Gasteiger partial charge in [-0.25, -0.2) is 4.98 Å². The molecule has 0 bridgehead atoms. The molecule has 1 aliphatic rings. The molecule has 0 spiro atoms. The SMILES string of the molecule is Cc1nc(COc2ccc(C(=O)NCc3ccc(C(=O)N4CCCCC4)cc3)cc2)cs1. The topological polar surface area (TPSA) is 71.5 Å². The third-order valence-electron chi connectivity index (χ3n) is 5.47. The number of benzene rings is 2. The van der Waals surface area contributed by atoms with Crippen molar-refractivity contribution in [2.24, 2.45) is 0 Å². The van der Waals surface area contributed by atoms with Crippen LogP contribution in [0.4, 0.5) is 0 Å². The van der Waals surface area contributed by atoms with E-state index in [-0.39, 0.29) is 11.8 Å². The molecule has 2 aromatic carbocycles. The minimum absolute atomic E-state index is 0.0903. The average Bonchev–Trinajstić information content (AvgIpc) is 3.27. The van der Waals surface area contributed by atoms with Crippen molar-refractivity contribution in [1.29, 1.82) is 0 Å². The Kier molecular flexibility index (Phi) is 7.17. The summed E-state index contributed by atoms with van der Waals surface area (Å²) in [5.41, 5.74) is 3.12. The van der Waals surface area contributed by atoms with E-state index in [1.54, 1.807) is 35.6 Å². The van der Waals surface area contributed by atoms with Crippen LogP contribution in [0, 0.1) is 6.92 Å². The number of amides is 2. The number of nitrogens with one attached hydrogen (secondary N) is 1. The maximum Gasteiger partial charge on any atom is 0.253 e. The van der Waals surface area contributed by atoms with Crippen LogP contribution in [0.25, 0.3) is 0 Å². The Morgan fingerprint density at radius 1 is 1.00 bits per heavy atom. The lowest BCUT2D eigenvalue weighted by Crippen LogP contribution is -2.35. The smallest absolute Gasteiger partial charge is 0.253 e. The molecule has 1 saturated heterocycles. The molecule has 166 valence electrons. The van der Waals surface area contributed by atoms with E-state index in [2.05, 4.69) is 10.3 Å². The van der Waals surface area contributed by atoms with Crippen LogP contribution < -0.4 is 10.1 Å². The third-order valence-corrected chi connectivity index (χ3v) is 6.29. The van der Waals surface area contributed by atoms with Gasteiger partial charge in [0, 0.05) is 36.1 Å². The first kappa shape index (κ1) is 22.0. The van der Waals surface area contributed by atoms with Crippen LogP contribution in [0.5, 0.6) is 5.75 Å². The van der Waals surface area contributed by atoms with Gasteiger partial charge in [0.25, 0.3) is 11.8 Å². The average molecular weight is 450 g/mol. The van der Waals surface area contributed by atoms with Crippen molar-refractivity contribution in [2.75, 3.05) is 13.1 Å². The minimum atomic E-state index is -0.153. The van der Waals surface area contributed by atoms with Crippen LogP contribution in [0.15, 0.2) is 53.9 Å². The fraction of sp³-hybridized carbons (Fsp3) is 0.320. The maximum absolute atomic E-state index is 12.6. The van der Waals surface area contributed by atoms with Crippen LogP contribution >= 0.6 is 11.3 Å². The predicted molar refractivity (Wildman–Crippen MR) is 125 cm³/mol. The summed E-state index contributed by atoms with van der Waals surface area (Å²) in [6.07, 6.45) is 3.35. The van der Waals surface area contributed by atoms with Gasteiger partial charge in [0.15, 0.2) is 0 Å². The summed E-state index contributed by atoms with van der Waals surface area (Å²) in [4.78, 5) is 31.3. The lowest BCUT2D eigenvalue weighted by molar-refractivity contribution is 0.0724. The monoisotopic (exact) mass is 449 g/mol. The molecule has 1 N–H and O–H groups in total. The van der Waals surface area contributed by atoms with E-state index in [0.29, 0.717) is 30.0 Å². The van der Waals surface area contributed by atoms with Gasteiger partial charge in [0.05, 0.1) is 10.7 Å². The molecule has 1 aromatic heterocycles. The standard InChI is InChI=1S/C25H27N3O3S/c1-18-27-22(17-32-18)16-31-23-11-9-20(10-12-23)24(29)26-15-19-5-7-21(8-6-19)25(30)28-13-3-2-4-14-28/h5-12,17H,2-4,13-16H2,1H3,(H,26,29). The molecule has 1 fully saturated rings. The van der Waals surface area contributed by atoms with Crippen LogP contribution in [-0.2, 0) is 13.2 Å². The molecule has 0 aliphatic carbocycles. The van der Waals surface area contributed by atoms with E-state index in [0.717, 1.165) is 42.2 Å². The molecule has 3 aromatic rings. The summed E-state index contributed by atoms with van der Waals surface area (Å²) >= 11 is 1.60. The number of nitrogens with zero attached hydrogens (tertiary/aromatic N) is 2. The Hall–Kier alpha value is -3.19. The van der Waals surface area contributed by atoms with Crippen LogP contribution in [0.2, 0.25) is 0 Å². The number of carbonyl (C=O) groups excluding carboxylic acids is 2. The molecule has 0 saturated carbocycles. The summed E-state index contributed by atoms with van der Waals surface area (Å²) in [6.45, 7) is 4.45. The number of aryl methyl sites for hydroxylation is 1. The second-order valence-corrected chi connectivity index (χ2v) is 8.97. The van der Waals surface area contributed by atoms with Crippen molar-refractivity contribution in [3.05, 3.63) is 81.3 Å². The normalized spacial score (nSPS) is 13.6. The third kappa shape index (κ3) is 5.73. The summed E-state index contributed by atoms with van der Waals surface area (Å²) in [6, 6.07) is 14.5. The highest BCUT2D eigenvalue weighted by molar-refractivity contribution is 7.09. The molecule has 0 radical (unpaired) electrons. The highest BCUT2D eigenvalue weighted by Crippen LogP contribution is 2.16. The van der Waals surface area contributed by atoms with E-state index < -0.39 is 0 Å². The van der Waals surface area contributed by atoms with Gasteiger partial charge in [0.1, 0.15) is 12.4 Å². The number of likely N-dealkylation sites (tertiary alicyclic amines) is 1. The van der Waals surface area contributed by atoms with Gasteiger partial charge in [-0.1, -0.05) is 12.1 Å². The Morgan fingerprint density at radius 2 is 1.69 bits per heavy atom. The van der Waals surface area contributed by atoms with Crippen molar-refractivity contribution in [3.8, 4) is 5.75 Å². The second kappa shape index (κ2) is 10.4. The molecule has 4 rings (SSSR count). The molecular weight excluding hydrogens is 422 g/mol. The molecule has 2 heterocycles. The number of carbonyl (C=O) groups is 2. The van der Waals surface area contributed by atoms with Crippen LogP contribution in [0.1, 0.15) is 56.2 Å². The zero-order chi connectivity index (χ0) is 22.3. The summed E-state index contributed by atoms with van der Waals surface area (Å²) < 4.78 is 5.73. The van der Waals surface area contributed by atoms with E-state index in [4.69, 9.17) is 4.74 Å². The molecule has 6 nitrogen and oxygen atoms in total. The molecule has 1 aliphatic heterocycles. The first-order valence-electron chi connectivity index (χ1n) is 10.9. The highest BCUT2D eigenvalue weighted by Gasteiger charge is 2.17. The Labute approximate surface area is 192 Å². The fourth-order valence-corrected chi connectivity index (χ4v) is 4.26.